The molecule has 1 rings (SSSR count). The van der Waals surface area contributed by atoms with Crippen LogP contribution in [0.15, 0.2) is 24.3 Å². The van der Waals surface area contributed by atoms with E-state index in [0.717, 1.165) is 12.7 Å². The van der Waals surface area contributed by atoms with Crippen LogP contribution >= 0.6 is 0 Å². The standard InChI is InChI=1S/C11H13NO5/c1-17-11(16)12(10(14)15)7-6-8-2-4-9(13)5-3-8/h2-5,13H,6-7H2,1H3,(H,14,15). The molecule has 2 N–H and O–H groups in total. The van der Waals surface area contributed by atoms with Crippen LogP contribution in [0.2, 0.25) is 0 Å². The van der Waals surface area contributed by atoms with Crippen LogP contribution in [0.5, 0.6) is 5.75 Å². The zero-order valence-electron chi connectivity index (χ0n) is 9.29. The van der Waals surface area contributed by atoms with Crippen molar-refractivity contribution in [2.24, 2.45) is 0 Å². The van der Waals surface area contributed by atoms with Crippen LogP contribution in [0.25, 0.3) is 0 Å². The van der Waals surface area contributed by atoms with Crippen molar-refractivity contribution >= 4 is 12.2 Å². The van der Waals surface area contributed by atoms with Crippen LogP contribution in [0.4, 0.5) is 9.59 Å². The Kier molecular flexibility index (Phi) is 4.33. The van der Waals surface area contributed by atoms with Gasteiger partial charge in [-0.2, -0.15) is 0 Å². The van der Waals surface area contributed by atoms with Gasteiger partial charge in [-0.15, -0.1) is 0 Å². The van der Waals surface area contributed by atoms with E-state index >= 15 is 0 Å². The molecule has 0 radical (unpaired) electrons. The van der Waals surface area contributed by atoms with E-state index in [1.807, 2.05) is 0 Å². The highest BCUT2D eigenvalue weighted by atomic mass is 16.5. The third-order valence-corrected chi connectivity index (χ3v) is 2.19. The molecule has 2 amide bonds. The molecular weight excluding hydrogens is 226 g/mol. The van der Waals surface area contributed by atoms with Crippen LogP contribution in [-0.2, 0) is 11.2 Å². The van der Waals surface area contributed by atoms with Crippen molar-refractivity contribution < 1.29 is 24.5 Å². The monoisotopic (exact) mass is 239 g/mol. The second kappa shape index (κ2) is 5.74. The molecule has 0 aliphatic heterocycles. The molecular formula is C11H13NO5. The SMILES string of the molecule is COC(=O)N(CCc1ccc(O)cc1)C(=O)O. The molecule has 17 heavy (non-hydrogen) atoms. The Morgan fingerprint density at radius 1 is 1.29 bits per heavy atom. The van der Waals surface area contributed by atoms with Crippen LogP contribution in [0.1, 0.15) is 5.56 Å². The zero-order valence-corrected chi connectivity index (χ0v) is 9.29. The summed E-state index contributed by atoms with van der Waals surface area (Å²) in [5.41, 5.74) is 0.818. The summed E-state index contributed by atoms with van der Waals surface area (Å²) in [5.74, 6) is 0.136. The smallest absolute Gasteiger partial charge is 0.419 e. The van der Waals surface area contributed by atoms with Gasteiger partial charge in [0.2, 0.25) is 0 Å². The summed E-state index contributed by atoms with van der Waals surface area (Å²) in [4.78, 5) is 22.5. The van der Waals surface area contributed by atoms with Gasteiger partial charge < -0.3 is 14.9 Å². The maximum atomic E-state index is 11.1. The highest BCUT2D eigenvalue weighted by Gasteiger charge is 2.20. The Morgan fingerprint density at radius 2 is 1.88 bits per heavy atom. The van der Waals surface area contributed by atoms with Crippen LogP contribution in [0.3, 0.4) is 0 Å². The van der Waals surface area contributed by atoms with Crippen LogP contribution in [-0.4, -0.2) is 41.0 Å². The molecule has 0 saturated carbocycles. The number of carboxylic acid groups (broad SMARTS) is 1. The first-order valence-corrected chi connectivity index (χ1v) is 4.91. The van der Waals surface area contributed by atoms with Gasteiger partial charge in [-0.3, -0.25) is 0 Å². The number of ether oxygens (including phenoxy) is 1. The number of hydrogen-bond donors (Lipinski definition) is 2. The lowest BCUT2D eigenvalue weighted by Crippen LogP contribution is -2.37. The summed E-state index contributed by atoms with van der Waals surface area (Å²) in [6.45, 7) is 0.00673. The van der Waals surface area contributed by atoms with Gasteiger partial charge in [0.15, 0.2) is 0 Å². The minimum absolute atomic E-state index is 0.00673. The fourth-order valence-electron chi connectivity index (χ4n) is 1.28. The first-order valence-electron chi connectivity index (χ1n) is 4.91. The third kappa shape index (κ3) is 3.67. The first-order chi connectivity index (χ1) is 8.04. The third-order valence-electron chi connectivity index (χ3n) is 2.19. The molecule has 0 bridgehead atoms. The maximum absolute atomic E-state index is 11.1. The first kappa shape index (κ1) is 12.8. The summed E-state index contributed by atoms with van der Waals surface area (Å²) in [6.07, 6.45) is -1.89. The van der Waals surface area contributed by atoms with Gasteiger partial charge >= 0.3 is 12.2 Å². The second-order valence-electron chi connectivity index (χ2n) is 3.32. The quantitative estimate of drug-likeness (QED) is 0.837. The minimum Gasteiger partial charge on any atom is -0.508 e. The minimum atomic E-state index is -1.35. The maximum Gasteiger partial charge on any atom is 0.419 e. The van der Waals surface area contributed by atoms with Gasteiger partial charge in [0, 0.05) is 6.54 Å². The molecule has 92 valence electrons. The Bertz CT molecular complexity index is 401. The molecule has 0 aliphatic carbocycles. The van der Waals surface area contributed by atoms with Crippen molar-refractivity contribution in [3.63, 3.8) is 0 Å². The van der Waals surface area contributed by atoms with Crippen LogP contribution < -0.4 is 0 Å². The molecule has 0 aromatic heterocycles. The van der Waals surface area contributed by atoms with E-state index in [1.165, 1.54) is 12.1 Å². The van der Waals surface area contributed by atoms with Gasteiger partial charge in [-0.25, -0.2) is 14.5 Å². The van der Waals surface area contributed by atoms with E-state index in [1.54, 1.807) is 12.1 Å². The topological polar surface area (TPSA) is 87.1 Å². The predicted octanol–water partition coefficient (Wildman–Crippen LogP) is 1.68. The van der Waals surface area contributed by atoms with Gasteiger partial charge in [-0.05, 0) is 24.1 Å². The lowest BCUT2D eigenvalue weighted by molar-refractivity contribution is 0.110. The highest BCUT2D eigenvalue weighted by molar-refractivity contribution is 5.86. The number of carbonyl (C=O) groups is 2. The molecule has 6 heteroatoms. The summed E-state index contributed by atoms with van der Waals surface area (Å²) in [5, 5.41) is 17.9. The Labute approximate surface area is 98.0 Å². The van der Waals surface area contributed by atoms with Crippen molar-refractivity contribution in [1.29, 1.82) is 0 Å². The normalized spacial score (nSPS) is 9.71. The number of carbonyl (C=O) groups excluding carboxylic acids is 1. The Morgan fingerprint density at radius 3 is 2.35 bits per heavy atom. The van der Waals surface area contributed by atoms with E-state index in [9.17, 15) is 9.59 Å². The summed E-state index contributed by atoms with van der Waals surface area (Å²) < 4.78 is 4.35. The average molecular weight is 239 g/mol. The second-order valence-corrected chi connectivity index (χ2v) is 3.32. The molecule has 0 saturated heterocycles. The molecule has 0 atom stereocenters. The van der Waals surface area contributed by atoms with E-state index < -0.39 is 12.2 Å². The molecule has 1 aromatic carbocycles. The largest absolute Gasteiger partial charge is 0.508 e. The number of benzene rings is 1. The molecule has 0 aliphatic rings. The number of imide groups is 1. The summed E-state index contributed by atoms with van der Waals surface area (Å²) in [7, 11) is 1.12. The van der Waals surface area contributed by atoms with Crippen molar-refractivity contribution in [1.82, 2.24) is 4.90 Å². The van der Waals surface area contributed by atoms with Gasteiger partial charge in [0.25, 0.3) is 0 Å². The molecule has 0 unspecified atom stereocenters. The number of methoxy groups -OCH3 is 1. The van der Waals surface area contributed by atoms with Gasteiger partial charge in [0.1, 0.15) is 5.75 Å². The number of amides is 2. The number of aromatic hydroxyl groups is 1. The number of phenols is 1. The number of rotatable bonds is 3. The number of phenolic OH excluding ortho intramolecular Hbond substituents is 1. The number of hydrogen-bond acceptors (Lipinski definition) is 4. The van der Waals surface area contributed by atoms with E-state index in [-0.39, 0.29) is 12.3 Å². The zero-order chi connectivity index (χ0) is 12.8. The lowest BCUT2D eigenvalue weighted by atomic mass is 10.1. The fraction of sp³-hybridized carbons (Fsp3) is 0.273. The fourth-order valence-corrected chi connectivity index (χ4v) is 1.28. The van der Waals surface area contributed by atoms with Gasteiger partial charge in [-0.1, -0.05) is 12.1 Å². The van der Waals surface area contributed by atoms with Crippen molar-refractivity contribution in [3.8, 4) is 5.75 Å². The van der Waals surface area contributed by atoms with Gasteiger partial charge in [0.05, 0.1) is 7.11 Å². The Hall–Kier alpha value is -2.24. The van der Waals surface area contributed by atoms with Crippen molar-refractivity contribution in [2.45, 2.75) is 6.42 Å². The number of nitrogens with zero attached hydrogens (tertiary/aromatic N) is 1. The molecule has 0 heterocycles. The van der Waals surface area contributed by atoms with E-state index in [0.29, 0.717) is 11.3 Å². The van der Waals surface area contributed by atoms with Crippen molar-refractivity contribution in [2.75, 3.05) is 13.7 Å². The molecule has 0 spiro atoms. The van der Waals surface area contributed by atoms with Crippen molar-refractivity contribution in [3.05, 3.63) is 29.8 Å². The Balaban J connectivity index is 2.61. The summed E-state index contributed by atoms with van der Waals surface area (Å²) >= 11 is 0. The van der Waals surface area contributed by atoms with Crippen LogP contribution in [0, 0.1) is 0 Å². The molecule has 1 aromatic rings. The predicted molar refractivity (Wildman–Crippen MR) is 58.9 cm³/mol. The van der Waals surface area contributed by atoms with E-state index in [4.69, 9.17) is 10.2 Å². The molecule has 0 fully saturated rings. The highest BCUT2D eigenvalue weighted by Crippen LogP contribution is 2.10. The average Bonchev–Trinajstić information content (AvgIpc) is 2.31. The lowest BCUT2D eigenvalue weighted by Gasteiger charge is -2.15. The summed E-state index contributed by atoms with van der Waals surface area (Å²) in [6, 6.07) is 6.32. The van der Waals surface area contributed by atoms with E-state index in [2.05, 4.69) is 4.74 Å². The molecule has 6 nitrogen and oxygen atoms in total.